The lowest BCUT2D eigenvalue weighted by Gasteiger charge is -2.18. The number of hydrogen-bond donors (Lipinski definition) is 1. The molecule has 0 aliphatic rings. The number of nitrogens with two attached hydrogens (primary N) is 1. The van der Waals surface area contributed by atoms with Gasteiger partial charge in [0.2, 0.25) is 10.0 Å². The van der Waals surface area contributed by atoms with E-state index in [1.165, 1.54) is 23.5 Å². The van der Waals surface area contributed by atoms with Gasteiger partial charge in [-0.1, -0.05) is 36.4 Å². The zero-order valence-electron chi connectivity index (χ0n) is 11.7. The highest BCUT2D eigenvalue weighted by atomic mass is 32.2. The third-order valence-electron chi connectivity index (χ3n) is 3.26. The van der Waals surface area contributed by atoms with Crippen molar-refractivity contribution in [2.75, 3.05) is 19.3 Å². The van der Waals surface area contributed by atoms with Crippen LogP contribution >= 0.6 is 0 Å². The van der Waals surface area contributed by atoms with Crippen LogP contribution in [-0.2, 0) is 16.4 Å². The molecule has 0 aliphatic carbocycles. The second-order valence-corrected chi connectivity index (χ2v) is 6.73. The first kappa shape index (κ1) is 15.5. The van der Waals surface area contributed by atoms with Gasteiger partial charge in [0.05, 0.1) is 5.69 Å². The van der Waals surface area contributed by atoms with Gasteiger partial charge in [-0.3, -0.25) is 0 Å². The minimum absolute atomic E-state index is 0.196. The Kier molecular flexibility index (Phi) is 4.59. The predicted octanol–water partition coefficient (Wildman–Crippen LogP) is 2.27. The maximum absolute atomic E-state index is 13.4. The number of rotatable bonds is 5. The van der Waals surface area contributed by atoms with E-state index in [2.05, 4.69) is 0 Å². The molecule has 0 unspecified atom stereocenters. The summed E-state index contributed by atoms with van der Waals surface area (Å²) in [5.41, 5.74) is 6.22. The summed E-state index contributed by atoms with van der Waals surface area (Å²) in [7, 11) is -2.33. The molecule has 0 atom stereocenters. The Morgan fingerprint density at radius 1 is 1.10 bits per heavy atom. The first-order chi connectivity index (χ1) is 9.93. The van der Waals surface area contributed by atoms with Crippen molar-refractivity contribution < 1.29 is 12.8 Å². The molecular weight excluding hydrogens is 291 g/mol. The molecule has 2 N–H and O–H groups in total. The number of hydrogen-bond acceptors (Lipinski definition) is 3. The lowest BCUT2D eigenvalue weighted by atomic mass is 10.2. The molecule has 4 nitrogen and oxygen atoms in total. The predicted molar refractivity (Wildman–Crippen MR) is 80.8 cm³/mol. The van der Waals surface area contributed by atoms with Gasteiger partial charge in [0.25, 0.3) is 0 Å². The molecule has 6 heteroatoms. The van der Waals surface area contributed by atoms with Crippen molar-refractivity contribution in [3.05, 3.63) is 59.9 Å². The van der Waals surface area contributed by atoms with E-state index in [1.54, 1.807) is 0 Å². The van der Waals surface area contributed by atoms with Gasteiger partial charge < -0.3 is 5.73 Å². The SMILES string of the molecule is CN(CCc1ccccc1)S(=O)(=O)c1cccc(F)c1N. The molecule has 0 radical (unpaired) electrons. The summed E-state index contributed by atoms with van der Waals surface area (Å²) in [6, 6.07) is 13.3. The molecule has 0 aromatic heterocycles. The second-order valence-electron chi connectivity index (χ2n) is 4.71. The molecule has 0 saturated carbocycles. The molecule has 2 aromatic rings. The van der Waals surface area contributed by atoms with Crippen molar-refractivity contribution in [2.45, 2.75) is 11.3 Å². The summed E-state index contributed by atoms with van der Waals surface area (Å²) in [5.74, 6) is -0.729. The van der Waals surface area contributed by atoms with Crippen LogP contribution in [0.15, 0.2) is 53.4 Å². The van der Waals surface area contributed by atoms with Crippen LogP contribution in [0, 0.1) is 5.82 Å². The zero-order chi connectivity index (χ0) is 15.5. The quantitative estimate of drug-likeness (QED) is 0.862. The summed E-state index contributed by atoms with van der Waals surface area (Å²) in [4.78, 5) is -0.196. The van der Waals surface area contributed by atoms with Gasteiger partial charge in [0.15, 0.2) is 0 Å². The van der Waals surface area contributed by atoms with Crippen LogP contribution in [0.25, 0.3) is 0 Å². The van der Waals surface area contributed by atoms with Gasteiger partial charge in [-0.25, -0.2) is 17.1 Å². The Morgan fingerprint density at radius 3 is 2.43 bits per heavy atom. The first-order valence-electron chi connectivity index (χ1n) is 6.47. The lowest BCUT2D eigenvalue weighted by molar-refractivity contribution is 0.472. The Balaban J connectivity index is 2.17. The molecule has 0 aliphatic heterocycles. The van der Waals surface area contributed by atoms with E-state index in [0.717, 1.165) is 11.6 Å². The summed E-state index contributed by atoms with van der Waals surface area (Å²) in [6.45, 7) is 0.294. The van der Waals surface area contributed by atoms with Gasteiger partial charge in [0.1, 0.15) is 10.7 Å². The number of sulfonamides is 1. The number of benzene rings is 2. The molecule has 0 saturated heterocycles. The van der Waals surface area contributed by atoms with Crippen LogP contribution in [0.3, 0.4) is 0 Å². The smallest absolute Gasteiger partial charge is 0.244 e. The number of nitrogens with zero attached hydrogens (tertiary/aromatic N) is 1. The largest absolute Gasteiger partial charge is 0.395 e. The van der Waals surface area contributed by atoms with Crippen molar-refractivity contribution in [1.29, 1.82) is 0 Å². The van der Waals surface area contributed by atoms with Gasteiger partial charge in [-0.2, -0.15) is 0 Å². The molecule has 21 heavy (non-hydrogen) atoms. The van der Waals surface area contributed by atoms with Crippen LogP contribution in [0.1, 0.15) is 5.56 Å². The van der Waals surface area contributed by atoms with Crippen LogP contribution < -0.4 is 5.73 Å². The summed E-state index contributed by atoms with van der Waals surface area (Å²) in [5, 5.41) is 0. The highest BCUT2D eigenvalue weighted by Gasteiger charge is 2.24. The van der Waals surface area contributed by atoms with Crippen molar-refractivity contribution in [1.82, 2.24) is 4.31 Å². The van der Waals surface area contributed by atoms with Crippen molar-refractivity contribution in [2.24, 2.45) is 0 Å². The fourth-order valence-electron chi connectivity index (χ4n) is 1.96. The molecule has 0 spiro atoms. The molecule has 0 heterocycles. The molecule has 2 aromatic carbocycles. The van der Waals surface area contributed by atoms with E-state index in [1.807, 2.05) is 30.3 Å². The third-order valence-corrected chi connectivity index (χ3v) is 5.17. The number of nitrogen functional groups attached to an aromatic ring is 1. The number of halogens is 1. The Bertz CT molecular complexity index is 718. The van der Waals surface area contributed by atoms with Gasteiger partial charge >= 0.3 is 0 Å². The number of likely N-dealkylation sites (N-methyl/N-ethyl adjacent to an activating group) is 1. The van der Waals surface area contributed by atoms with Gasteiger partial charge in [-0.15, -0.1) is 0 Å². The fraction of sp³-hybridized carbons (Fsp3) is 0.200. The van der Waals surface area contributed by atoms with E-state index < -0.39 is 15.8 Å². The average Bonchev–Trinajstić information content (AvgIpc) is 2.48. The van der Waals surface area contributed by atoms with Crippen molar-refractivity contribution in [3.8, 4) is 0 Å². The standard InChI is InChI=1S/C15H17FN2O2S/c1-18(11-10-12-6-3-2-4-7-12)21(19,20)14-9-5-8-13(16)15(14)17/h2-9H,10-11,17H2,1H3. The molecule has 0 amide bonds. The van der Waals surface area contributed by atoms with Gasteiger partial charge in [-0.05, 0) is 24.1 Å². The third kappa shape index (κ3) is 3.40. The lowest BCUT2D eigenvalue weighted by Crippen LogP contribution is -2.29. The van der Waals surface area contributed by atoms with Crippen molar-refractivity contribution in [3.63, 3.8) is 0 Å². The molecule has 2 rings (SSSR count). The normalized spacial score (nSPS) is 11.8. The van der Waals surface area contributed by atoms with Crippen LogP contribution in [0.2, 0.25) is 0 Å². The maximum Gasteiger partial charge on any atom is 0.244 e. The Morgan fingerprint density at radius 2 is 1.76 bits per heavy atom. The van der Waals surface area contributed by atoms with E-state index in [9.17, 15) is 12.8 Å². The topological polar surface area (TPSA) is 63.4 Å². The summed E-state index contributed by atoms with van der Waals surface area (Å²) >= 11 is 0. The van der Waals surface area contributed by atoms with E-state index in [4.69, 9.17) is 5.73 Å². The number of para-hydroxylation sites is 1. The van der Waals surface area contributed by atoms with Gasteiger partial charge in [0, 0.05) is 13.6 Å². The fourth-order valence-corrected chi connectivity index (χ4v) is 3.25. The van der Waals surface area contributed by atoms with Crippen LogP contribution in [0.5, 0.6) is 0 Å². The van der Waals surface area contributed by atoms with E-state index in [0.29, 0.717) is 13.0 Å². The van der Waals surface area contributed by atoms with E-state index in [-0.39, 0.29) is 10.6 Å². The molecule has 112 valence electrons. The van der Waals surface area contributed by atoms with Crippen LogP contribution in [0.4, 0.5) is 10.1 Å². The monoisotopic (exact) mass is 308 g/mol. The summed E-state index contributed by atoms with van der Waals surface area (Å²) < 4.78 is 39.4. The minimum Gasteiger partial charge on any atom is -0.395 e. The minimum atomic E-state index is -3.79. The Hall–Kier alpha value is -1.92. The maximum atomic E-state index is 13.4. The molecule has 0 fully saturated rings. The molecule has 0 bridgehead atoms. The highest BCUT2D eigenvalue weighted by Crippen LogP contribution is 2.23. The first-order valence-corrected chi connectivity index (χ1v) is 7.91. The summed E-state index contributed by atoms with van der Waals surface area (Å²) in [6.07, 6.45) is 0.575. The Labute approximate surface area is 124 Å². The average molecular weight is 308 g/mol. The van der Waals surface area contributed by atoms with Crippen LogP contribution in [-0.4, -0.2) is 26.3 Å². The highest BCUT2D eigenvalue weighted by molar-refractivity contribution is 7.89. The van der Waals surface area contributed by atoms with E-state index >= 15 is 0 Å². The number of anilines is 1. The zero-order valence-corrected chi connectivity index (χ0v) is 12.5. The van der Waals surface area contributed by atoms with Crippen molar-refractivity contribution >= 4 is 15.7 Å². The molecular formula is C15H17FN2O2S. The second kappa shape index (κ2) is 6.24.